The van der Waals surface area contributed by atoms with Crippen LogP contribution >= 0.6 is 23.6 Å². The molecule has 1 aromatic carbocycles. The summed E-state index contributed by atoms with van der Waals surface area (Å²) < 4.78 is 8.59. The molecule has 74 valence electrons. The molecule has 0 atom stereocenters. The van der Waals surface area contributed by atoms with Gasteiger partial charge in [-0.2, -0.15) is 4.37 Å². The lowest BCUT2D eigenvalue weighted by molar-refractivity contribution is -0.432. The number of hydrogen-bond acceptors (Lipinski definition) is 6. The first kappa shape index (κ1) is 9.88. The van der Waals surface area contributed by atoms with Gasteiger partial charge in [-0.1, -0.05) is 5.04 Å². The molecule has 0 fully saturated rings. The Labute approximate surface area is 88.7 Å². The minimum Gasteiger partial charge on any atom is -0.220 e. The SMILES string of the molecule is Cc1snc2ccc(SOOO)cc12. The predicted octanol–water partition coefficient (Wildman–Crippen LogP) is 3.03. The third kappa shape index (κ3) is 1.89. The number of nitrogens with zero attached hydrogens (tertiary/aromatic N) is 1. The summed E-state index contributed by atoms with van der Waals surface area (Å²) in [5.74, 6) is 0. The van der Waals surface area contributed by atoms with E-state index < -0.39 is 0 Å². The first-order valence-corrected chi connectivity index (χ1v) is 5.33. The van der Waals surface area contributed by atoms with Crippen molar-refractivity contribution >= 4 is 34.5 Å². The minimum absolute atomic E-state index is 0.856. The predicted molar refractivity (Wildman–Crippen MR) is 55.0 cm³/mol. The summed E-state index contributed by atoms with van der Waals surface area (Å²) in [5, 5.41) is 12.6. The summed E-state index contributed by atoms with van der Waals surface area (Å²) in [6, 6.07) is 5.70. The third-order valence-electron chi connectivity index (χ3n) is 1.79. The van der Waals surface area contributed by atoms with E-state index in [1.807, 2.05) is 25.1 Å². The van der Waals surface area contributed by atoms with E-state index in [0.29, 0.717) is 0 Å². The second kappa shape index (κ2) is 4.24. The van der Waals surface area contributed by atoms with Crippen molar-refractivity contribution < 1.29 is 14.6 Å². The van der Waals surface area contributed by atoms with Crippen LogP contribution in [0.4, 0.5) is 0 Å². The maximum Gasteiger partial charge on any atom is 0.0844 e. The van der Waals surface area contributed by atoms with Crippen LogP contribution in [0.3, 0.4) is 0 Å². The Hall–Kier alpha value is -0.660. The van der Waals surface area contributed by atoms with E-state index in [4.69, 9.17) is 5.26 Å². The summed E-state index contributed by atoms with van der Waals surface area (Å²) in [7, 11) is 0. The van der Waals surface area contributed by atoms with Gasteiger partial charge in [0.05, 0.1) is 17.6 Å². The highest BCUT2D eigenvalue weighted by atomic mass is 32.2. The van der Waals surface area contributed by atoms with Crippen molar-refractivity contribution in [2.75, 3.05) is 0 Å². The summed E-state index contributed by atoms with van der Waals surface area (Å²) in [4.78, 5) is 2.02. The molecule has 1 N–H and O–H groups in total. The van der Waals surface area contributed by atoms with Crippen LogP contribution in [0.1, 0.15) is 4.88 Å². The van der Waals surface area contributed by atoms with Gasteiger partial charge in [0.15, 0.2) is 0 Å². The van der Waals surface area contributed by atoms with Crippen LogP contribution in [0.5, 0.6) is 0 Å². The largest absolute Gasteiger partial charge is 0.220 e. The fraction of sp³-hybridized carbons (Fsp3) is 0.125. The summed E-state index contributed by atoms with van der Waals surface area (Å²) in [6.07, 6.45) is 0. The van der Waals surface area contributed by atoms with Crippen molar-refractivity contribution in [3.05, 3.63) is 23.1 Å². The second-order valence-electron chi connectivity index (χ2n) is 2.64. The van der Waals surface area contributed by atoms with Crippen molar-refractivity contribution in [2.24, 2.45) is 0 Å². The molecule has 6 heteroatoms. The van der Waals surface area contributed by atoms with Gasteiger partial charge in [-0.15, -0.1) is 4.33 Å². The molecule has 0 unspecified atom stereocenters. The van der Waals surface area contributed by atoms with Crippen LogP contribution in [0, 0.1) is 6.92 Å². The zero-order valence-electron chi connectivity index (χ0n) is 7.26. The molecule has 0 saturated carbocycles. The lowest BCUT2D eigenvalue weighted by atomic mass is 10.2. The number of aryl methyl sites for hydroxylation is 1. The van der Waals surface area contributed by atoms with Crippen LogP contribution in [-0.4, -0.2) is 9.63 Å². The van der Waals surface area contributed by atoms with Crippen LogP contribution in [0.25, 0.3) is 10.9 Å². The van der Waals surface area contributed by atoms with Gasteiger partial charge in [-0.05, 0) is 36.7 Å². The molecule has 2 aromatic rings. The highest BCUT2D eigenvalue weighted by molar-refractivity contribution is 7.94. The Morgan fingerprint density at radius 1 is 1.50 bits per heavy atom. The first-order chi connectivity index (χ1) is 6.81. The number of aromatic nitrogens is 1. The van der Waals surface area contributed by atoms with Crippen molar-refractivity contribution in [1.29, 1.82) is 0 Å². The average molecular weight is 229 g/mol. The van der Waals surface area contributed by atoms with Gasteiger partial charge in [0.1, 0.15) is 0 Å². The summed E-state index contributed by atoms with van der Waals surface area (Å²) in [6.45, 7) is 2.01. The Bertz CT molecular complexity index is 443. The normalized spacial score (nSPS) is 11.0. The van der Waals surface area contributed by atoms with Gasteiger partial charge in [0, 0.05) is 15.2 Å². The van der Waals surface area contributed by atoms with Crippen LogP contribution in [0.2, 0.25) is 0 Å². The van der Waals surface area contributed by atoms with Crippen LogP contribution in [0.15, 0.2) is 23.1 Å². The first-order valence-electron chi connectivity index (χ1n) is 3.82. The van der Waals surface area contributed by atoms with Crippen molar-refractivity contribution in [1.82, 2.24) is 4.37 Å². The topological polar surface area (TPSA) is 51.6 Å². The minimum atomic E-state index is 0.856. The highest BCUT2D eigenvalue weighted by Crippen LogP contribution is 2.27. The smallest absolute Gasteiger partial charge is 0.0844 e. The zero-order valence-corrected chi connectivity index (χ0v) is 8.89. The molecule has 0 bridgehead atoms. The Kier molecular flexibility index (Phi) is 2.99. The molecule has 0 aliphatic rings. The molecule has 0 aliphatic carbocycles. The van der Waals surface area contributed by atoms with Crippen LogP contribution < -0.4 is 0 Å². The lowest BCUT2D eigenvalue weighted by Gasteiger charge is -1.97. The maximum atomic E-state index is 8.00. The maximum absolute atomic E-state index is 8.00. The van der Waals surface area contributed by atoms with E-state index in [1.54, 1.807) is 0 Å². The number of hydrogen-bond donors (Lipinski definition) is 1. The van der Waals surface area contributed by atoms with E-state index in [-0.39, 0.29) is 0 Å². The molecule has 0 radical (unpaired) electrons. The van der Waals surface area contributed by atoms with E-state index >= 15 is 0 Å². The second-order valence-corrected chi connectivity index (χ2v) is 4.40. The van der Waals surface area contributed by atoms with Crippen molar-refractivity contribution in [3.63, 3.8) is 0 Å². The molecule has 0 amide bonds. The standard InChI is InChI=1S/C8H7NO3S2/c1-5-7-4-6(14-12-11-10)2-3-8(7)9-13-5/h2-4,10H,1H3. The number of fused-ring (bicyclic) bond motifs is 1. The molecular weight excluding hydrogens is 222 g/mol. The summed E-state index contributed by atoms with van der Waals surface area (Å²) in [5.41, 5.74) is 0.974. The van der Waals surface area contributed by atoms with Gasteiger partial charge >= 0.3 is 0 Å². The fourth-order valence-electron chi connectivity index (χ4n) is 1.15. The lowest BCUT2D eigenvalue weighted by Crippen LogP contribution is -1.78. The zero-order chi connectivity index (χ0) is 9.97. The van der Waals surface area contributed by atoms with E-state index in [1.165, 1.54) is 11.5 Å². The molecule has 0 aliphatic heterocycles. The fourth-order valence-corrected chi connectivity index (χ4v) is 2.20. The van der Waals surface area contributed by atoms with Gasteiger partial charge < -0.3 is 0 Å². The third-order valence-corrected chi connectivity index (χ3v) is 3.15. The Morgan fingerprint density at radius 3 is 3.14 bits per heavy atom. The van der Waals surface area contributed by atoms with Crippen molar-refractivity contribution in [2.45, 2.75) is 11.8 Å². The molecule has 1 heterocycles. The Morgan fingerprint density at radius 2 is 2.36 bits per heavy atom. The van der Waals surface area contributed by atoms with E-state index in [9.17, 15) is 0 Å². The quantitative estimate of drug-likeness (QED) is 0.498. The molecule has 1 aromatic heterocycles. The van der Waals surface area contributed by atoms with Gasteiger partial charge in [0.25, 0.3) is 0 Å². The van der Waals surface area contributed by atoms with Gasteiger partial charge in [0.2, 0.25) is 0 Å². The average Bonchev–Trinajstić information content (AvgIpc) is 2.57. The monoisotopic (exact) mass is 229 g/mol. The number of rotatable bonds is 3. The molecule has 14 heavy (non-hydrogen) atoms. The van der Waals surface area contributed by atoms with Gasteiger partial charge in [-0.25, -0.2) is 5.26 Å². The molecule has 0 spiro atoms. The molecular formula is C8H7NO3S2. The van der Waals surface area contributed by atoms with Crippen LogP contribution in [-0.2, 0) is 9.37 Å². The molecule has 2 rings (SSSR count). The Balaban J connectivity index is 2.34. The summed E-state index contributed by atoms with van der Waals surface area (Å²) >= 11 is 2.42. The van der Waals surface area contributed by atoms with Gasteiger partial charge in [-0.3, -0.25) is 0 Å². The molecule has 0 saturated heterocycles. The number of benzene rings is 1. The van der Waals surface area contributed by atoms with E-state index in [0.717, 1.165) is 32.7 Å². The highest BCUT2D eigenvalue weighted by Gasteiger charge is 2.03. The van der Waals surface area contributed by atoms with Crippen molar-refractivity contribution in [3.8, 4) is 0 Å². The molecule has 4 nitrogen and oxygen atoms in total. The van der Waals surface area contributed by atoms with E-state index in [2.05, 4.69) is 13.7 Å².